The number of nitrogens with one attached hydrogen (secondary N) is 1. The molecule has 0 aliphatic heterocycles. The number of benzene rings is 1. The van der Waals surface area contributed by atoms with Crippen molar-refractivity contribution in [1.82, 2.24) is 10.0 Å². The zero-order valence-electron chi connectivity index (χ0n) is 17.1. The summed E-state index contributed by atoms with van der Waals surface area (Å²) in [5, 5.41) is 18.2. The molecule has 1 saturated carbocycles. The second-order valence-corrected chi connectivity index (χ2v) is 10.3. The lowest BCUT2D eigenvalue weighted by molar-refractivity contribution is -0.131. The minimum Gasteiger partial charge on any atom is -0.408 e. The van der Waals surface area contributed by atoms with E-state index in [0.29, 0.717) is 11.1 Å². The third kappa shape index (κ3) is 4.52. The Bertz CT molecular complexity index is 1310. The summed E-state index contributed by atoms with van der Waals surface area (Å²) in [6, 6.07) is 4.84. The van der Waals surface area contributed by atoms with Gasteiger partial charge in [-0.05, 0) is 56.2 Å². The Morgan fingerprint density at radius 1 is 1.35 bits per heavy atom. The van der Waals surface area contributed by atoms with Gasteiger partial charge in [0.15, 0.2) is 20.2 Å². The number of carbonyl (C=O) groups is 1. The third-order valence-corrected chi connectivity index (χ3v) is 7.66. The second-order valence-electron chi connectivity index (χ2n) is 7.83. The van der Waals surface area contributed by atoms with Crippen molar-refractivity contribution in [3.8, 4) is 23.7 Å². The summed E-state index contributed by atoms with van der Waals surface area (Å²) in [5.41, 5.74) is 2.30. The van der Waals surface area contributed by atoms with Gasteiger partial charge in [0.05, 0.1) is 17.5 Å². The number of fused-ring (bicyclic) bond motifs is 1. The number of aromatic nitrogens is 1. The standard InChI is InChI=1S/C21H22N2O7S/c1-20(18(25)22-27,31(2,28)29)11-12-23-16-7-6-15(13-17(16)30-19(23)26)5-3-4-8-21(14-24)9-10-21/h6-7,13,24,27H,9-12,14H2,1-2H3,(H,22,25). The van der Waals surface area contributed by atoms with Crippen LogP contribution in [0.5, 0.6) is 0 Å². The highest BCUT2D eigenvalue weighted by molar-refractivity contribution is 7.92. The first-order chi connectivity index (χ1) is 14.5. The Morgan fingerprint density at radius 2 is 2.06 bits per heavy atom. The van der Waals surface area contributed by atoms with Gasteiger partial charge in [-0.25, -0.2) is 18.7 Å². The van der Waals surface area contributed by atoms with Crippen LogP contribution in [-0.4, -0.2) is 46.8 Å². The fraction of sp³-hybridized carbons (Fsp3) is 0.429. The molecule has 9 nitrogen and oxygen atoms in total. The number of sulfone groups is 1. The predicted molar refractivity (Wildman–Crippen MR) is 112 cm³/mol. The topological polar surface area (TPSA) is 139 Å². The van der Waals surface area contributed by atoms with E-state index in [1.54, 1.807) is 18.2 Å². The maximum Gasteiger partial charge on any atom is 0.419 e. The van der Waals surface area contributed by atoms with E-state index in [0.717, 1.165) is 19.1 Å². The molecule has 1 unspecified atom stereocenters. The Hall–Kier alpha value is -3.05. The van der Waals surface area contributed by atoms with Crippen LogP contribution in [0.15, 0.2) is 27.4 Å². The molecule has 1 aromatic heterocycles. The quantitative estimate of drug-likeness (QED) is 0.332. The summed E-state index contributed by atoms with van der Waals surface area (Å²) >= 11 is 0. The van der Waals surface area contributed by atoms with E-state index in [9.17, 15) is 23.1 Å². The van der Waals surface area contributed by atoms with E-state index < -0.39 is 26.2 Å². The predicted octanol–water partition coefficient (Wildman–Crippen LogP) is 0.421. The Kier molecular flexibility index (Phi) is 6.01. The molecule has 1 heterocycles. The lowest BCUT2D eigenvalue weighted by Gasteiger charge is -2.24. The smallest absolute Gasteiger partial charge is 0.408 e. The number of oxazole rings is 1. The van der Waals surface area contributed by atoms with E-state index in [-0.39, 0.29) is 30.6 Å². The molecule has 1 fully saturated rings. The maximum absolute atomic E-state index is 12.3. The van der Waals surface area contributed by atoms with Crippen molar-refractivity contribution in [2.75, 3.05) is 12.9 Å². The lowest BCUT2D eigenvalue weighted by Crippen LogP contribution is -2.49. The maximum atomic E-state index is 12.3. The second kappa shape index (κ2) is 8.23. The number of hydrogen-bond donors (Lipinski definition) is 3. The van der Waals surface area contributed by atoms with Crippen LogP contribution >= 0.6 is 0 Å². The lowest BCUT2D eigenvalue weighted by atomic mass is 10.1. The highest BCUT2D eigenvalue weighted by atomic mass is 32.2. The zero-order chi connectivity index (χ0) is 22.9. The van der Waals surface area contributed by atoms with Crippen molar-refractivity contribution in [2.24, 2.45) is 5.41 Å². The molecule has 10 heteroatoms. The summed E-state index contributed by atoms with van der Waals surface area (Å²) < 4.78 is 28.7. The van der Waals surface area contributed by atoms with E-state index in [4.69, 9.17) is 9.62 Å². The molecule has 1 aliphatic rings. The van der Waals surface area contributed by atoms with E-state index in [1.807, 2.05) is 0 Å². The average Bonchev–Trinajstić information content (AvgIpc) is 3.44. The summed E-state index contributed by atoms with van der Waals surface area (Å²) in [4.78, 5) is 24.2. The number of aliphatic hydroxyl groups excluding tert-OH is 1. The molecular formula is C21H22N2O7S. The van der Waals surface area contributed by atoms with Gasteiger partial charge in [-0.1, -0.05) is 11.8 Å². The molecule has 164 valence electrons. The Balaban J connectivity index is 1.84. The summed E-state index contributed by atoms with van der Waals surface area (Å²) in [7, 11) is -3.89. The SMILES string of the molecule is CC(CCn1c(=O)oc2cc(C#CC#CC3(CO)CC3)ccc21)(C(=O)NO)S(C)(=O)=O. The number of aryl methyl sites for hydroxylation is 1. The molecule has 1 amide bonds. The van der Waals surface area contributed by atoms with Gasteiger partial charge in [-0.2, -0.15) is 0 Å². The van der Waals surface area contributed by atoms with E-state index >= 15 is 0 Å². The number of rotatable bonds is 6. The number of hydrogen-bond acceptors (Lipinski definition) is 7. The van der Waals surface area contributed by atoms with Crippen LogP contribution in [0, 0.1) is 29.1 Å². The average molecular weight is 446 g/mol. The van der Waals surface area contributed by atoms with Crippen molar-refractivity contribution in [1.29, 1.82) is 0 Å². The van der Waals surface area contributed by atoms with Gasteiger partial charge in [0.1, 0.15) is 0 Å². The van der Waals surface area contributed by atoms with Gasteiger partial charge >= 0.3 is 5.76 Å². The minimum absolute atomic E-state index is 0.0185. The van der Waals surface area contributed by atoms with Crippen LogP contribution in [0.1, 0.15) is 31.7 Å². The van der Waals surface area contributed by atoms with Crippen LogP contribution in [0.25, 0.3) is 11.1 Å². The molecule has 1 aliphatic carbocycles. The number of carbonyl (C=O) groups excluding carboxylic acids is 1. The molecule has 0 radical (unpaired) electrons. The highest BCUT2D eigenvalue weighted by Gasteiger charge is 2.43. The number of amides is 1. The van der Waals surface area contributed by atoms with Crippen molar-refractivity contribution < 1.29 is 27.9 Å². The number of nitrogens with zero attached hydrogens (tertiary/aromatic N) is 1. The van der Waals surface area contributed by atoms with Gasteiger partial charge in [0.2, 0.25) is 0 Å². The van der Waals surface area contributed by atoms with Gasteiger partial charge in [0, 0.05) is 18.4 Å². The van der Waals surface area contributed by atoms with Gasteiger partial charge in [0.25, 0.3) is 5.91 Å². The Morgan fingerprint density at radius 3 is 2.65 bits per heavy atom. The Labute approximate surface area is 178 Å². The van der Waals surface area contributed by atoms with E-state index in [2.05, 4.69) is 23.7 Å². The van der Waals surface area contributed by atoms with Crippen molar-refractivity contribution >= 4 is 26.8 Å². The molecule has 0 spiro atoms. The van der Waals surface area contributed by atoms with Crippen LogP contribution in [-0.2, 0) is 21.2 Å². The van der Waals surface area contributed by atoms with Gasteiger partial charge in [-0.15, -0.1) is 0 Å². The largest absolute Gasteiger partial charge is 0.419 e. The van der Waals surface area contributed by atoms with E-state index in [1.165, 1.54) is 17.0 Å². The summed E-state index contributed by atoms with van der Waals surface area (Å²) in [6.07, 6.45) is 2.36. The van der Waals surface area contributed by atoms with Gasteiger partial charge < -0.3 is 9.52 Å². The van der Waals surface area contributed by atoms with Crippen LogP contribution in [0.4, 0.5) is 0 Å². The first-order valence-corrected chi connectivity index (χ1v) is 11.4. The van der Waals surface area contributed by atoms with Crippen molar-refractivity contribution in [3.63, 3.8) is 0 Å². The minimum atomic E-state index is -3.89. The molecule has 2 aromatic rings. The molecule has 0 saturated heterocycles. The third-order valence-electron chi connectivity index (χ3n) is 5.63. The first-order valence-electron chi connectivity index (χ1n) is 9.47. The van der Waals surface area contributed by atoms with Crippen LogP contribution < -0.4 is 11.2 Å². The summed E-state index contributed by atoms with van der Waals surface area (Å²) in [5.74, 6) is 9.46. The molecule has 1 aromatic carbocycles. The van der Waals surface area contributed by atoms with Crippen LogP contribution in [0.3, 0.4) is 0 Å². The summed E-state index contributed by atoms with van der Waals surface area (Å²) in [6.45, 7) is 1.08. The van der Waals surface area contributed by atoms with Gasteiger partial charge in [-0.3, -0.25) is 14.6 Å². The van der Waals surface area contributed by atoms with Crippen molar-refractivity contribution in [2.45, 2.75) is 37.5 Å². The van der Waals surface area contributed by atoms with Crippen LogP contribution in [0.2, 0.25) is 0 Å². The molecular weight excluding hydrogens is 424 g/mol. The number of hydroxylamine groups is 1. The fourth-order valence-electron chi connectivity index (χ4n) is 3.01. The molecule has 3 N–H and O–H groups in total. The zero-order valence-corrected chi connectivity index (χ0v) is 17.9. The molecule has 3 rings (SSSR count). The fourth-order valence-corrected chi connectivity index (χ4v) is 3.85. The highest BCUT2D eigenvalue weighted by Crippen LogP contribution is 2.44. The normalized spacial score (nSPS) is 16.4. The number of aliphatic hydroxyl groups is 1. The van der Waals surface area contributed by atoms with Crippen molar-refractivity contribution in [3.05, 3.63) is 34.3 Å². The molecule has 31 heavy (non-hydrogen) atoms. The monoisotopic (exact) mass is 446 g/mol. The molecule has 1 atom stereocenters. The molecule has 0 bridgehead atoms. The first kappa shape index (κ1) is 22.6.